The Hall–Kier alpha value is -3.82. The number of rotatable bonds is 5. The number of hydrogen-bond donors (Lipinski definition) is 1. The van der Waals surface area contributed by atoms with Crippen molar-refractivity contribution in [3.05, 3.63) is 82.0 Å². The quantitative estimate of drug-likeness (QED) is 0.648. The number of nitrogens with one attached hydrogen (secondary N) is 1. The molecule has 2 aromatic carbocycles. The van der Waals surface area contributed by atoms with E-state index in [1.54, 1.807) is 38.2 Å². The van der Waals surface area contributed by atoms with Gasteiger partial charge in [0.1, 0.15) is 28.9 Å². The number of aromatic nitrogens is 1. The summed E-state index contributed by atoms with van der Waals surface area (Å²) in [4.78, 5) is 28.4. The third-order valence-corrected chi connectivity index (χ3v) is 5.13. The fraction of sp³-hybridized carbons (Fsp3) is 0.227. The van der Waals surface area contributed by atoms with Crippen LogP contribution in [0.3, 0.4) is 0 Å². The first-order valence-electron chi connectivity index (χ1n) is 9.72. The molecule has 0 saturated heterocycles. The second kappa shape index (κ2) is 8.37. The second-order valence-electron chi connectivity index (χ2n) is 7.53. The number of nitrogens with zero attached hydrogens (tertiary/aromatic N) is 3. The molecule has 10 heteroatoms. The smallest absolute Gasteiger partial charge is 0.324 e. The van der Waals surface area contributed by atoms with Gasteiger partial charge in [0.25, 0.3) is 5.91 Å². The fourth-order valence-corrected chi connectivity index (χ4v) is 3.54. The number of hydrogen-bond acceptors (Lipinski definition) is 4. The van der Waals surface area contributed by atoms with Crippen molar-refractivity contribution < 1.29 is 27.3 Å². The van der Waals surface area contributed by atoms with Crippen LogP contribution in [0.15, 0.2) is 40.9 Å². The lowest BCUT2D eigenvalue weighted by atomic mass is 10.0. The van der Waals surface area contributed by atoms with Crippen LogP contribution >= 0.6 is 0 Å². The third kappa shape index (κ3) is 4.16. The number of anilines is 1. The van der Waals surface area contributed by atoms with E-state index in [0.29, 0.717) is 35.8 Å². The Balaban J connectivity index is 1.58. The Labute approximate surface area is 181 Å². The van der Waals surface area contributed by atoms with Crippen LogP contribution in [-0.2, 0) is 19.6 Å². The molecular formula is C22H19F3N4O3. The van der Waals surface area contributed by atoms with E-state index in [-0.39, 0.29) is 18.1 Å². The maximum absolute atomic E-state index is 13.8. The van der Waals surface area contributed by atoms with Crippen molar-refractivity contribution in [2.75, 3.05) is 11.9 Å². The van der Waals surface area contributed by atoms with Gasteiger partial charge in [0, 0.05) is 49.5 Å². The molecule has 1 N–H and O–H groups in total. The van der Waals surface area contributed by atoms with Crippen molar-refractivity contribution in [2.45, 2.75) is 26.6 Å². The second-order valence-corrected chi connectivity index (χ2v) is 7.53. The molecule has 0 atom stereocenters. The molecule has 32 heavy (non-hydrogen) atoms. The number of benzene rings is 2. The van der Waals surface area contributed by atoms with Crippen LogP contribution in [0.1, 0.15) is 32.9 Å². The summed E-state index contributed by atoms with van der Waals surface area (Å²) in [7, 11) is 1.67. The molecular weight excluding hydrogens is 425 g/mol. The number of fused-ring (bicyclic) bond motifs is 1. The first-order chi connectivity index (χ1) is 15.2. The zero-order valence-corrected chi connectivity index (χ0v) is 17.3. The van der Waals surface area contributed by atoms with Gasteiger partial charge in [0.05, 0.1) is 12.2 Å². The summed E-state index contributed by atoms with van der Waals surface area (Å²) in [6, 6.07) is 7.36. The van der Waals surface area contributed by atoms with Gasteiger partial charge in [-0.3, -0.25) is 9.69 Å². The average molecular weight is 444 g/mol. The monoisotopic (exact) mass is 444 g/mol. The Morgan fingerprint density at radius 1 is 1.16 bits per heavy atom. The van der Waals surface area contributed by atoms with E-state index in [2.05, 4.69) is 10.5 Å². The summed E-state index contributed by atoms with van der Waals surface area (Å²) >= 11 is 0. The largest absolute Gasteiger partial charge is 0.361 e. The molecule has 0 fully saturated rings. The molecule has 1 aliphatic rings. The first kappa shape index (κ1) is 21.4. The third-order valence-electron chi connectivity index (χ3n) is 5.13. The number of aryl methyl sites for hydroxylation is 1. The highest BCUT2D eigenvalue weighted by atomic mass is 19.1. The lowest BCUT2D eigenvalue weighted by Gasteiger charge is -2.35. The molecule has 1 aromatic heterocycles. The minimum atomic E-state index is -1.09. The van der Waals surface area contributed by atoms with Gasteiger partial charge in [-0.1, -0.05) is 11.2 Å². The maximum Gasteiger partial charge on any atom is 0.324 e. The van der Waals surface area contributed by atoms with E-state index >= 15 is 0 Å². The Kier molecular flexibility index (Phi) is 5.60. The van der Waals surface area contributed by atoms with Gasteiger partial charge in [-0.2, -0.15) is 0 Å². The first-order valence-corrected chi connectivity index (χ1v) is 9.72. The summed E-state index contributed by atoms with van der Waals surface area (Å²) < 4.78 is 45.8. The predicted octanol–water partition coefficient (Wildman–Crippen LogP) is 3.90. The lowest BCUT2D eigenvalue weighted by Crippen LogP contribution is -2.45. The predicted molar refractivity (Wildman–Crippen MR) is 108 cm³/mol. The van der Waals surface area contributed by atoms with Gasteiger partial charge in [-0.15, -0.1) is 0 Å². The number of carbonyl (C=O) groups excluding carboxylic acids is 2. The number of carbonyl (C=O) groups is 2. The van der Waals surface area contributed by atoms with Crippen molar-refractivity contribution in [3.8, 4) is 0 Å². The van der Waals surface area contributed by atoms with E-state index in [1.807, 2.05) is 0 Å². The normalized spacial score (nSPS) is 13.3. The highest BCUT2D eigenvalue weighted by Gasteiger charge is 2.29. The molecule has 0 saturated carbocycles. The van der Waals surface area contributed by atoms with Gasteiger partial charge in [-0.25, -0.2) is 18.0 Å². The molecule has 7 nitrogen and oxygen atoms in total. The van der Waals surface area contributed by atoms with Crippen molar-refractivity contribution in [2.24, 2.45) is 0 Å². The SMILES string of the molecule is Cc1cc(CN2C(=O)N(C)Cc3ccc(C(=O)NCc4c(F)cc(F)cc4F)cc32)no1. The number of amides is 3. The van der Waals surface area contributed by atoms with E-state index in [9.17, 15) is 22.8 Å². The van der Waals surface area contributed by atoms with Crippen LogP contribution in [0.5, 0.6) is 0 Å². The molecule has 0 aliphatic carbocycles. The summed E-state index contributed by atoms with van der Waals surface area (Å²) in [6.45, 7) is 1.78. The van der Waals surface area contributed by atoms with Crippen LogP contribution in [-0.4, -0.2) is 29.0 Å². The molecule has 0 spiro atoms. The van der Waals surface area contributed by atoms with Gasteiger partial charge < -0.3 is 14.7 Å². The molecule has 3 aromatic rings. The highest BCUT2D eigenvalue weighted by molar-refractivity contribution is 5.99. The topological polar surface area (TPSA) is 78.7 Å². The zero-order valence-electron chi connectivity index (χ0n) is 17.3. The fourth-order valence-electron chi connectivity index (χ4n) is 3.54. The van der Waals surface area contributed by atoms with Crippen molar-refractivity contribution >= 4 is 17.6 Å². The van der Waals surface area contributed by atoms with Crippen LogP contribution in [0, 0.1) is 24.4 Å². The van der Waals surface area contributed by atoms with Crippen LogP contribution in [0.25, 0.3) is 0 Å². The van der Waals surface area contributed by atoms with E-state index in [4.69, 9.17) is 4.52 Å². The summed E-state index contributed by atoms with van der Waals surface area (Å²) in [6.07, 6.45) is 0. The minimum Gasteiger partial charge on any atom is -0.361 e. The number of urea groups is 1. The molecule has 1 aliphatic heterocycles. The molecule has 4 rings (SSSR count). The lowest BCUT2D eigenvalue weighted by molar-refractivity contribution is 0.0950. The Bertz CT molecular complexity index is 1190. The van der Waals surface area contributed by atoms with Gasteiger partial charge in [-0.05, 0) is 24.6 Å². The van der Waals surface area contributed by atoms with Gasteiger partial charge >= 0.3 is 6.03 Å². The summed E-state index contributed by atoms with van der Waals surface area (Å²) in [5.41, 5.74) is 1.65. The summed E-state index contributed by atoms with van der Waals surface area (Å²) in [5.74, 6) is -3.21. The summed E-state index contributed by atoms with van der Waals surface area (Å²) in [5, 5.41) is 6.35. The van der Waals surface area contributed by atoms with Crippen LogP contribution < -0.4 is 10.2 Å². The molecule has 2 heterocycles. The van der Waals surface area contributed by atoms with E-state index in [1.165, 1.54) is 9.80 Å². The van der Waals surface area contributed by atoms with Crippen LogP contribution in [0.2, 0.25) is 0 Å². The van der Waals surface area contributed by atoms with E-state index in [0.717, 1.165) is 5.56 Å². The molecule has 166 valence electrons. The van der Waals surface area contributed by atoms with E-state index < -0.39 is 35.5 Å². The van der Waals surface area contributed by atoms with Crippen LogP contribution in [0.4, 0.5) is 23.7 Å². The van der Waals surface area contributed by atoms with Crippen molar-refractivity contribution in [1.29, 1.82) is 0 Å². The van der Waals surface area contributed by atoms with Crippen molar-refractivity contribution in [3.63, 3.8) is 0 Å². The number of halogens is 3. The molecule has 0 unspecified atom stereocenters. The Morgan fingerprint density at radius 2 is 1.88 bits per heavy atom. The average Bonchev–Trinajstić information content (AvgIpc) is 3.15. The van der Waals surface area contributed by atoms with Gasteiger partial charge in [0.15, 0.2) is 0 Å². The molecule has 3 amide bonds. The minimum absolute atomic E-state index is 0.143. The Morgan fingerprint density at radius 3 is 2.53 bits per heavy atom. The zero-order chi connectivity index (χ0) is 23.0. The highest BCUT2D eigenvalue weighted by Crippen LogP contribution is 2.30. The van der Waals surface area contributed by atoms with Gasteiger partial charge in [0.2, 0.25) is 0 Å². The molecule has 0 radical (unpaired) electrons. The van der Waals surface area contributed by atoms with Crippen molar-refractivity contribution in [1.82, 2.24) is 15.4 Å². The maximum atomic E-state index is 13.8. The molecule has 0 bridgehead atoms. The standard InChI is InChI=1S/C22H19F3N4O3/c1-12-5-16(27-32-12)11-29-20-6-13(3-4-14(20)10-28(2)22(29)31)21(30)26-9-17-18(24)7-15(23)8-19(17)25/h3-8H,9-11H2,1-2H3,(H,26,30).